The second-order valence-corrected chi connectivity index (χ2v) is 4.33. The Bertz CT molecular complexity index is 402. The lowest BCUT2D eigenvalue weighted by molar-refractivity contribution is -0.150. The Balaban J connectivity index is 2.18. The van der Waals surface area contributed by atoms with Gasteiger partial charge in [0.05, 0.1) is 0 Å². The molecule has 1 aliphatic heterocycles. The monoisotopic (exact) mass is 231 g/mol. The highest BCUT2D eigenvalue weighted by Gasteiger charge is 2.38. The SMILES string of the molecule is C=CCC(c1ccccc1)N1CCC1C(=O)O. The Hall–Kier alpha value is -1.61. The third kappa shape index (κ3) is 2.39. The van der Waals surface area contributed by atoms with Crippen molar-refractivity contribution in [1.29, 1.82) is 0 Å². The number of nitrogens with zero attached hydrogens (tertiary/aromatic N) is 1. The molecule has 1 aromatic carbocycles. The molecule has 90 valence electrons. The standard InChI is InChI=1S/C14H17NO2/c1-2-6-12(11-7-4-3-5-8-11)15-10-9-13(15)14(16)17/h2-5,7-8,12-13H,1,6,9-10H2,(H,16,17). The molecule has 3 heteroatoms. The van der Waals surface area contributed by atoms with Crippen LogP contribution in [-0.4, -0.2) is 28.6 Å². The van der Waals surface area contributed by atoms with Crippen LogP contribution in [0.3, 0.4) is 0 Å². The van der Waals surface area contributed by atoms with Crippen LogP contribution in [0.5, 0.6) is 0 Å². The Morgan fingerprint density at radius 1 is 1.53 bits per heavy atom. The van der Waals surface area contributed by atoms with Gasteiger partial charge in [0.1, 0.15) is 6.04 Å². The van der Waals surface area contributed by atoms with E-state index in [9.17, 15) is 4.79 Å². The van der Waals surface area contributed by atoms with Gasteiger partial charge in [-0.2, -0.15) is 0 Å². The highest BCUT2D eigenvalue weighted by atomic mass is 16.4. The van der Waals surface area contributed by atoms with Gasteiger partial charge in [0.2, 0.25) is 0 Å². The first-order valence-corrected chi connectivity index (χ1v) is 5.88. The van der Waals surface area contributed by atoms with Crippen molar-refractivity contribution in [3.05, 3.63) is 48.6 Å². The average molecular weight is 231 g/mol. The number of hydrogen-bond donors (Lipinski definition) is 1. The van der Waals surface area contributed by atoms with Gasteiger partial charge >= 0.3 is 5.97 Å². The van der Waals surface area contributed by atoms with Crippen LogP contribution >= 0.6 is 0 Å². The summed E-state index contributed by atoms with van der Waals surface area (Å²) in [5.41, 5.74) is 1.17. The molecule has 2 atom stereocenters. The third-order valence-electron chi connectivity index (χ3n) is 3.32. The molecule has 1 heterocycles. The summed E-state index contributed by atoms with van der Waals surface area (Å²) in [6.45, 7) is 4.61. The molecule has 17 heavy (non-hydrogen) atoms. The molecule has 1 saturated heterocycles. The molecule has 1 aromatic rings. The largest absolute Gasteiger partial charge is 0.480 e. The maximum absolute atomic E-state index is 11.1. The number of carboxylic acids is 1. The van der Waals surface area contributed by atoms with Gasteiger partial charge in [0, 0.05) is 12.6 Å². The normalized spacial score (nSPS) is 21.5. The number of rotatable bonds is 5. The van der Waals surface area contributed by atoms with Crippen molar-refractivity contribution in [3.63, 3.8) is 0 Å². The van der Waals surface area contributed by atoms with E-state index in [0.29, 0.717) is 0 Å². The van der Waals surface area contributed by atoms with Crippen LogP contribution in [0, 0.1) is 0 Å². The molecule has 2 unspecified atom stereocenters. The quantitative estimate of drug-likeness (QED) is 0.791. The van der Waals surface area contributed by atoms with Crippen molar-refractivity contribution >= 4 is 5.97 Å². The zero-order chi connectivity index (χ0) is 12.3. The first-order chi connectivity index (χ1) is 8.24. The number of likely N-dealkylation sites (tertiary alicyclic amines) is 1. The van der Waals surface area contributed by atoms with Gasteiger partial charge < -0.3 is 5.11 Å². The van der Waals surface area contributed by atoms with Gasteiger partial charge in [-0.3, -0.25) is 9.69 Å². The van der Waals surface area contributed by atoms with Crippen molar-refractivity contribution in [2.24, 2.45) is 0 Å². The summed E-state index contributed by atoms with van der Waals surface area (Å²) in [5.74, 6) is -0.721. The zero-order valence-corrected chi connectivity index (χ0v) is 9.75. The Labute approximate surface area is 101 Å². The first kappa shape index (κ1) is 11.9. The molecule has 2 rings (SSSR count). The predicted molar refractivity (Wildman–Crippen MR) is 66.7 cm³/mol. The van der Waals surface area contributed by atoms with E-state index >= 15 is 0 Å². The van der Waals surface area contributed by atoms with Crippen LogP contribution in [0.2, 0.25) is 0 Å². The van der Waals surface area contributed by atoms with Gasteiger partial charge in [-0.05, 0) is 18.4 Å². The fraction of sp³-hybridized carbons (Fsp3) is 0.357. The lowest BCUT2D eigenvalue weighted by atomic mass is 9.93. The predicted octanol–water partition coefficient (Wildman–Crippen LogP) is 2.46. The van der Waals surface area contributed by atoms with E-state index in [1.165, 1.54) is 5.56 Å². The fourth-order valence-electron chi connectivity index (χ4n) is 2.34. The van der Waals surface area contributed by atoms with E-state index in [1.54, 1.807) is 0 Å². The van der Waals surface area contributed by atoms with Crippen LogP contribution in [0.15, 0.2) is 43.0 Å². The van der Waals surface area contributed by atoms with Crippen LogP contribution < -0.4 is 0 Å². The lowest BCUT2D eigenvalue weighted by Gasteiger charge is -2.43. The van der Waals surface area contributed by atoms with Crippen molar-refractivity contribution < 1.29 is 9.90 Å². The van der Waals surface area contributed by atoms with Gasteiger partial charge in [0.25, 0.3) is 0 Å². The highest BCUT2D eigenvalue weighted by Crippen LogP contribution is 2.33. The van der Waals surface area contributed by atoms with E-state index in [1.807, 2.05) is 41.3 Å². The zero-order valence-electron chi connectivity index (χ0n) is 9.75. The van der Waals surface area contributed by atoms with Gasteiger partial charge in [-0.25, -0.2) is 0 Å². The van der Waals surface area contributed by atoms with E-state index in [2.05, 4.69) is 6.58 Å². The molecule has 1 fully saturated rings. The molecular weight excluding hydrogens is 214 g/mol. The number of hydrogen-bond acceptors (Lipinski definition) is 2. The summed E-state index contributed by atoms with van der Waals surface area (Å²) in [5, 5.41) is 9.10. The Morgan fingerprint density at radius 2 is 2.24 bits per heavy atom. The number of aliphatic carboxylic acids is 1. The topological polar surface area (TPSA) is 40.5 Å². The molecule has 0 radical (unpaired) electrons. The van der Waals surface area contributed by atoms with Crippen molar-refractivity contribution in [1.82, 2.24) is 4.90 Å². The summed E-state index contributed by atoms with van der Waals surface area (Å²) in [7, 11) is 0. The molecule has 0 aromatic heterocycles. The van der Waals surface area contributed by atoms with Crippen molar-refractivity contribution in [3.8, 4) is 0 Å². The molecule has 0 bridgehead atoms. The van der Waals surface area contributed by atoms with E-state index in [4.69, 9.17) is 5.11 Å². The highest BCUT2D eigenvalue weighted by molar-refractivity contribution is 5.74. The summed E-state index contributed by atoms with van der Waals surface area (Å²) < 4.78 is 0. The first-order valence-electron chi connectivity index (χ1n) is 5.88. The minimum absolute atomic E-state index is 0.142. The Kier molecular flexibility index (Phi) is 3.59. The molecule has 0 amide bonds. The Morgan fingerprint density at radius 3 is 2.71 bits per heavy atom. The lowest BCUT2D eigenvalue weighted by Crippen LogP contribution is -2.53. The number of benzene rings is 1. The van der Waals surface area contributed by atoms with Crippen LogP contribution in [0.25, 0.3) is 0 Å². The van der Waals surface area contributed by atoms with E-state index in [0.717, 1.165) is 19.4 Å². The molecule has 0 saturated carbocycles. The van der Waals surface area contributed by atoms with Crippen LogP contribution in [0.4, 0.5) is 0 Å². The number of carboxylic acid groups (broad SMARTS) is 1. The van der Waals surface area contributed by atoms with Gasteiger partial charge in [-0.15, -0.1) is 6.58 Å². The summed E-state index contributed by atoms with van der Waals surface area (Å²) in [6.07, 6.45) is 3.39. The second-order valence-electron chi connectivity index (χ2n) is 4.33. The molecule has 0 spiro atoms. The maximum Gasteiger partial charge on any atom is 0.320 e. The minimum Gasteiger partial charge on any atom is -0.480 e. The van der Waals surface area contributed by atoms with Crippen molar-refractivity contribution in [2.45, 2.75) is 24.9 Å². The van der Waals surface area contributed by atoms with E-state index < -0.39 is 5.97 Å². The minimum atomic E-state index is -0.721. The maximum atomic E-state index is 11.1. The number of carbonyl (C=O) groups is 1. The van der Waals surface area contributed by atoms with Crippen LogP contribution in [-0.2, 0) is 4.79 Å². The third-order valence-corrected chi connectivity index (χ3v) is 3.32. The molecule has 0 aliphatic carbocycles. The molecular formula is C14H17NO2. The fourth-order valence-corrected chi connectivity index (χ4v) is 2.34. The van der Waals surface area contributed by atoms with Gasteiger partial charge in [-0.1, -0.05) is 36.4 Å². The summed E-state index contributed by atoms with van der Waals surface area (Å²) >= 11 is 0. The van der Waals surface area contributed by atoms with Gasteiger partial charge in [0.15, 0.2) is 0 Å². The second kappa shape index (κ2) is 5.15. The summed E-state index contributed by atoms with van der Waals surface area (Å²) in [6, 6.07) is 9.85. The average Bonchev–Trinajstić information content (AvgIpc) is 2.27. The molecule has 3 nitrogen and oxygen atoms in total. The molecule has 1 aliphatic rings. The van der Waals surface area contributed by atoms with Crippen molar-refractivity contribution in [2.75, 3.05) is 6.54 Å². The molecule has 1 N–H and O–H groups in total. The van der Waals surface area contributed by atoms with Crippen LogP contribution in [0.1, 0.15) is 24.4 Å². The smallest absolute Gasteiger partial charge is 0.320 e. The summed E-state index contributed by atoms with van der Waals surface area (Å²) in [4.78, 5) is 13.1. The van der Waals surface area contributed by atoms with E-state index in [-0.39, 0.29) is 12.1 Å².